The quantitative estimate of drug-likeness (QED) is 0.773. The maximum absolute atomic E-state index is 5.43. The molecule has 1 saturated carbocycles. The van der Waals surface area contributed by atoms with Crippen LogP contribution in [-0.4, -0.2) is 25.1 Å². The van der Waals surface area contributed by atoms with Gasteiger partial charge in [-0.3, -0.25) is 0 Å². The third-order valence-electron chi connectivity index (χ3n) is 2.65. The van der Waals surface area contributed by atoms with E-state index in [-0.39, 0.29) is 0 Å². The second kappa shape index (κ2) is 4.66. The number of oxazole rings is 1. The van der Waals surface area contributed by atoms with Crippen molar-refractivity contribution in [1.29, 1.82) is 0 Å². The molecule has 0 aliphatic heterocycles. The topological polar surface area (TPSA) is 41.3 Å². The van der Waals surface area contributed by atoms with E-state index < -0.39 is 0 Å². The first-order valence-corrected chi connectivity index (χ1v) is 5.66. The first-order valence-electron chi connectivity index (χ1n) is 5.66. The summed E-state index contributed by atoms with van der Waals surface area (Å²) in [5.74, 6) is 0.860. The van der Waals surface area contributed by atoms with Gasteiger partial charge in [0.25, 0.3) is 6.01 Å². The summed E-state index contributed by atoms with van der Waals surface area (Å²) in [7, 11) is 2.04. The highest BCUT2D eigenvalue weighted by Gasteiger charge is 2.24. The molecule has 4 nitrogen and oxygen atoms in total. The van der Waals surface area contributed by atoms with E-state index in [0.29, 0.717) is 0 Å². The van der Waals surface area contributed by atoms with Crippen molar-refractivity contribution in [3.63, 3.8) is 0 Å². The molecule has 0 radical (unpaired) electrons. The zero-order valence-electron chi connectivity index (χ0n) is 9.49. The summed E-state index contributed by atoms with van der Waals surface area (Å²) in [6.07, 6.45) is 4.45. The molecule has 0 unspecified atom stereocenters. The average Bonchev–Trinajstić information content (AvgIpc) is 2.92. The smallest absolute Gasteiger partial charge is 0.297 e. The fourth-order valence-corrected chi connectivity index (χ4v) is 1.57. The summed E-state index contributed by atoms with van der Waals surface area (Å²) in [6, 6.07) is 0.745. The highest BCUT2D eigenvalue weighted by atomic mass is 16.4. The Balaban J connectivity index is 1.86. The third kappa shape index (κ3) is 2.96. The minimum Gasteiger partial charge on any atom is -0.432 e. The van der Waals surface area contributed by atoms with Crippen molar-refractivity contribution in [3.05, 3.63) is 12.0 Å². The number of aromatic nitrogens is 1. The monoisotopic (exact) mass is 209 g/mol. The molecule has 0 saturated heterocycles. The Labute approximate surface area is 90.7 Å². The van der Waals surface area contributed by atoms with Crippen molar-refractivity contribution >= 4 is 6.01 Å². The van der Waals surface area contributed by atoms with Crippen LogP contribution in [0, 0.1) is 5.92 Å². The second-order valence-electron chi connectivity index (χ2n) is 4.23. The van der Waals surface area contributed by atoms with E-state index in [1.165, 1.54) is 12.8 Å². The SMILES string of the molecule is CCNCc1coc(N(C)CC2CC2)n1. The van der Waals surface area contributed by atoms with Crippen molar-refractivity contribution in [1.82, 2.24) is 10.3 Å². The zero-order chi connectivity index (χ0) is 10.7. The standard InChI is InChI=1S/C11H19N3O/c1-3-12-6-10-8-15-11(13-10)14(2)7-9-4-5-9/h8-9,12H,3-7H2,1-2H3. The van der Waals surface area contributed by atoms with Gasteiger partial charge in [-0.25, -0.2) is 0 Å². The second-order valence-corrected chi connectivity index (χ2v) is 4.23. The van der Waals surface area contributed by atoms with Crippen LogP contribution in [0.1, 0.15) is 25.5 Å². The molecule has 0 amide bonds. The van der Waals surface area contributed by atoms with Gasteiger partial charge in [0, 0.05) is 20.1 Å². The van der Waals surface area contributed by atoms with E-state index in [9.17, 15) is 0 Å². The molecule has 1 fully saturated rings. The van der Waals surface area contributed by atoms with Crippen LogP contribution in [0.3, 0.4) is 0 Å². The largest absolute Gasteiger partial charge is 0.432 e. The summed E-state index contributed by atoms with van der Waals surface area (Å²) in [6.45, 7) is 4.90. The molecule has 0 spiro atoms. The lowest BCUT2D eigenvalue weighted by Gasteiger charge is -2.12. The molecule has 0 aromatic carbocycles. The van der Waals surface area contributed by atoms with Gasteiger partial charge in [0.15, 0.2) is 0 Å². The molecule has 2 rings (SSSR count). The molecule has 1 heterocycles. The first kappa shape index (κ1) is 10.5. The van der Waals surface area contributed by atoms with Crippen LogP contribution in [0.2, 0.25) is 0 Å². The lowest BCUT2D eigenvalue weighted by Crippen LogP contribution is -2.20. The fraction of sp³-hybridized carbons (Fsp3) is 0.727. The molecule has 0 atom stereocenters. The minimum absolute atomic E-state index is 0.745. The third-order valence-corrected chi connectivity index (χ3v) is 2.65. The number of anilines is 1. The van der Waals surface area contributed by atoms with E-state index in [4.69, 9.17) is 4.42 Å². The molecule has 1 aliphatic rings. The predicted octanol–water partition coefficient (Wildman–Crippen LogP) is 1.63. The molecule has 1 aromatic rings. The van der Waals surface area contributed by atoms with Crippen LogP contribution in [0.25, 0.3) is 0 Å². The molecule has 1 aromatic heterocycles. The predicted molar refractivity (Wildman–Crippen MR) is 59.9 cm³/mol. The average molecular weight is 209 g/mol. The molecular formula is C11H19N3O. The molecule has 84 valence electrons. The van der Waals surface area contributed by atoms with Crippen LogP contribution in [0.4, 0.5) is 6.01 Å². The maximum Gasteiger partial charge on any atom is 0.297 e. The van der Waals surface area contributed by atoms with Gasteiger partial charge < -0.3 is 14.6 Å². The van der Waals surface area contributed by atoms with Crippen molar-refractivity contribution in [2.45, 2.75) is 26.3 Å². The number of rotatable bonds is 6. The van der Waals surface area contributed by atoms with Crippen LogP contribution >= 0.6 is 0 Å². The highest BCUT2D eigenvalue weighted by molar-refractivity contribution is 5.25. The summed E-state index contributed by atoms with van der Waals surface area (Å²) < 4.78 is 5.43. The number of nitrogens with zero attached hydrogens (tertiary/aromatic N) is 2. The molecule has 1 N–H and O–H groups in total. The molecule has 0 bridgehead atoms. The molecular weight excluding hydrogens is 190 g/mol. The lowest BCUT2D eigenvalue weighted by atomic mass is 10.4. The Morgan fingerprint density at radius 2 is 2.40 bits per heavy atom. The summed E-state index contributed by atoms with van der Waals surface area (Å²) in [5.41, 5.74) is 0.981. The van der Waals surface area contributed by atoms with E-state index in [2.05, 4.69) is 22.1 Å². The van der Waals surface area contributed by atoms with E-state index in [1.807, 2.05) is 7.05 Å². The highest BCUT2D eigenvalue weighted by Crippen LogP contribution is 2.30. The number of hydrogen-bond acceptors (Lipinski definition) is 4. The molecule has 1 aliphatic carbocycles. The van der Waals surface area contributed by atoms with Crippen LogP contribution in [0.5, 0.6) is 0 Å². The van der Waals surface area contributed by atoms with E-state index in [1.54, 1.807) is 6.26 Å². The number of nitrogens with one attached hydrogen (secondary N) is 1. The summed E-state index contributed by atoms with van der Waals surface area (Å²) in [4.78, 5) is 6.53. The van der Waals surface area contributed by atoms with Gasteiger partial charge in [-0.15, -0.1) is 0 Å². The van der Waals surface area contributed by atoms with Crippen LogP contribution < -0.4 is 10.2 Å². The van der Waals surface area contributed by atoms with Crippen molar-refractivity contribution < 1.29 is 4.42 Å². The van der Waals surface area contributed by atoms with Gasteiger partial charge in [0.05, 0.1) is 5.69 Å². The van der Waals surface area contributed by atoms with Gasteiger partial charge in [-0.05, 0) is 25.3 Å². The Morgan fingerprint density at radius 3 is 3.07 bits per heavy atom. The summed E-state index contributed by atoms with van der Waals surface area (Å²) in [5, 5.41) is 3.23. The van der Waals surface area contributed by atoms with Crippen LogP contribution in [0.15, 0.2) is 10.7 Å². The molecule has 4 heteroatoms. The maximum atomic E-state index is 5.43. The Hall–Kier alpha value is -1.03. The van der Waals surface area contributed by atoms with Gasteiger partial charge in [0.2, 0.25) is 0 Å². The van der Waals surface area contributed by atoms with Gasteiger partial charge in [0.1, 0.15) is 6.26 Å². The van der Waals surface area contributed by atoms with E-state index in [0.717, 1.165) is 37.3 Å². The van der Waals surface area contributed by atoms with Gasteiger partial charge in [-0.1, -0.05) is 6.92 Å². The fourth-order valence-electron chi connectivity index (χ4n) is 1.57. The van der Waals surface area contributed by atoms with Gasteiger partial charge in [-0.2, -0.15) is 4.98 Å². The number of hydrogen-bond donors (Lipinski definition) is 1. The van der Waals surface area contributed by atoms with Crippen molar-refractivity contribution in [3.8, 4) is 0 Å². The van der Waals surface area contributed by atoms with Crippen molar-refractivity contribution in [2.75, 3.05) is 25.0 Å². The first-order chi connectivity index (χ1) is 7.29. The van der Waals surface area contributed by atoms with Crippen LogP contribution in [-0.2, 0) is 6.54 Å². The van der Waals surface area contributed by atoms with Gasteiger partial charge >= 0.3 is 0 Å². The Kier molecular flexibility index (Phi) is 3.26. The summed E-state index contributed by atoms with van der Waals surface area (Å²) >= 11 is 0. The van der Waals surface area contributed by atoms with E-state index >= 15 is 0 Å². The zero-order valence-corrected chi connectivity index (χ0v) is 9.49. The van der Waals surface area contributed by atoms with Crippen molar-refractivity contribution in [2.24, 2.45) is 5.92 Å². The Bertz CT molecular complexity index is 307. The molecule has 15 heavy (non-hydrogen) atoms. The normalized spacial score (nSPS) is 15.6. The minimum atomic E-state index is 0.745. The Morgan fingerprint density at radius 1 is 1.60 bits per heavy atom. The lowest BCUT2D eigenvalue weighted by molar-refractivity contribution is 0.538.